The standard InChI is InChI=1S/C23H34F3N3O4/c1-16(15-27-18-8-10-19(11-9-18)33-23(24,25)26)28-22(31)20(29-21(30)12-13-32-2)14-17-6-4-3-5-7-17/h8-11,16-17,20,27H,3-7,12-15H2,1-2H3,(H,28,31)(H,29,30)/t16-,20?/m0/s1. The number of benzene rings is 1. The van der Waals surface area contributed by atoms with Gasteiger partial charge < -0.3 is 25.4 Å². The van der Waals surface area contributed by atoms with Crippen molar-refractivity contribution in [2.45, 2.75) is 70.3 Å². The number of carbonyl (C=O) groups is 2. The Morgan fingerprint density at radius 1 is 1.09 bits per heavy atom. The van der Waals surface area contributed by atoms with Crippen LogP contribution in [0.3, 0.4) is 0 Å². The summed E-state index contributed by atoms with van der Waals surface area (Å²) in [6.07, 6.45) is 1.67. The number of hydrogen-bond acceptors (Lipinski definition) is 5. The van der Waals surface area contributed by atoms with Crippen molar-refractivity contribution in [3.63, 3.8) is 0 Å². The van der Waals surface area contributed by atoms with E-state index in [1.54, 1.807) is 0 Å². The zero-order valence-corrected chi connectivity index (χ0v) is 19.2. The molecule has 2 atom stereocenters. The molecule has 10 heteroatoms. The molecule has 1 aliphatic rings. The van der Waals surface area contributed by atoms with Crippen molar-refractivity contribution in [3.05, 3.63) is 24.3 Å². The highest BCUT2D eigenvalue weighted by Gasteiger charge is 2.31. The molecule has 1 aromatic carbocycles. The first kappa shape index (κ1) is 26.8. The maximum Gasteiger partial charge on any atom is 0.573 e. The Morgan fingerprint density at radius 2 is 1.76 bits per heavy atom. The Hall–Kier alpha value is -2.49. The Morgan fingerprint density at radius 3 is 2.36 bits per heavy atom. The quantitative estimate of drug-likeness (QED) is 0.427. The summed E-state index contributed by atoms with van der Waals surface area (Å²) in [6.45, 7) is 2.46. The third kappa shape index (κ3) is 10.8. The number of nitrogens with one attached hydrogen (secondary N) is 3. The first-order valence-electron chi connectivity index (χ1n) is 11.3. The lowest BCUT2D eigenvalue weighted by atomic mass is 9.84. The summed E-state index contributed by atoms with van der Waals surface area (Å²) in [5.74, 6) is -0.360. The lowest BCUT2D eigenvalue weighted by Crippen LogP contribution is -2.51. The van der Waals surface area contributed by atoms with E-state index in [0.717, 1.165) is 25.7 Å². The zero-order valence-electron chi connectivity index (χ0n) is 19.2. The molecule has 33 heavy (non-hydrogen) atoms. The average molecular weight is 474 g/mol. The van der Waals surface area contributed by atoms with Gasteiger partial charge in [0.15, 0.2) is 0 Å². The Kier molecular flexibility index (Phi) is 10.8. The molecule has 0 aromatic heterocycles. The summed E-state index contributed by atoms with van der Waals surface area (Å²) in [5.41, 5.74) is 0.595. The van der Waals surface area contributed by atoms with E-state index in [1.807, 2.05) is 6.92 Å². The fourth-order valence-corrected chi connectivity index (χ4v) is 3.89. The van der Waals surface area contributed by atoms with Crippen molar-refractivity contribution in [3.8, 4) is 5.75 Å². The van der Waals surface area contributed by atoms with E-state index < -0.39 is 12.4 Å². The molecule has 2 amide bonds. The van der Waals surface area contributed by atoms with Gasteiger partial charge in [-0.05, 0) is 43.5 Å². The number of rotatable bonds is 12. The normalized spacial score (nSPS) is 16.5. The molecule has 1 unspecified atom stereocenters. The number of amides is 2. The number of alkyl halides is 3. The molecular formula is C23H34F3N3O4. The van der Waals surface area contributed by atoms with Crippen molar-refractivity contribution in [1.29, 1.82) is 0 Å². The molecule has 7 nitrogen and oxygen atoms in total. The van der Waals surface area contributed by atoms with Crippen LogP contribution in [-0.2, 0) is 14.3 Å². The van der Waals surface area contributed by atoms with Gasteiger partial charge in [0.05, 0.1) is 6.61 Å². The number of hydrogen-bond donors (Lipinski definition) is 3. The highest BCUT2D eigenvalue weighted by Crippen LogP contribution is 2.27. The second-order valence-corrected chi connectivity index (χ2v) is 8.47. The molecule has 0 bridgehead atoms. The molecule has 1 aromatic rings. The number of carbonyl (C=O) groups excluding carboxylic acids is 2. The average Bonchev–Trinajstić information content (AvgIpc) is 2.76. The second kappa shape index (κ2) is 13.3. The molecule has 0 spiro atoms. The first-order chi connectivity index (χ1) is 15.7. The topological polar surface area (TPSA) is 88.7 Å². The van der Waals surface area contributed by atoms with Crippen molar-refractivity contribution in [2.75, 3.05) is 25.6 Å². The molecule has 1 aliphatic carbocycles. The minimum atomic E-state index is -4.74. The molecule has 0 heterocycles. The third-order valence-corrected chi connectivity index (χ3v) is 5.57. The maximum atomic E-state index is 12.9. The van der Waals surface area contributed by atoms with Gasteiger partial charge in [0.25, 0.3) is 0 Å². The highest BCUT2D eigenvalue weighted by atomic mass is 19.4. The van der Waals surface area contributed by atoms with Crippen LogP contribution < -0.4 is 20.7 Å². The highest BCUT2D eigenvalue weighted by molar-refractivity contribution is 5.87. The lowest BCUT2D eigenvalue weighted by molar-refractivity contribution is -0.274. The van der Waals surface area contributed by atoms with E-state index >= 15 is 0 Å². The number of ether oxygens (including phenoxy) is 2. The van der Waals surface area contributed by atoms with Gasteiger partial charge in [0.2, 0.25) is 11.8 Å². The van der Waals surface area contributed by atoms with Crippen LogP contribution in [-0.4, -0.2) is 50.5 Å². The Bertz CT molecular complexity index is 737. The number of methoxy groups -OCH3 is 1. The van der Waals surface area contributed by atoms with Gasteiger partial charge in [-0.3, -0.25) is 9.59 Å². The van der Waals surface area contributed by atoms with Gasteiger partial charge >= 0.3 is 6.36 Å². The van der Waals surface area contributed by atoms with E-state index in [2.05, 4.69) is 20.7 Å². The summed E-state index contributed by atoms with van der Waals surface area (Å²) in [7, 11) is 1.52. The van der Waals surface area contributed by atoms with Gasteiger partial charge in [-0.1, -0.05) is 32.1 Å². The van der Waals surface area contributed by atoms with Crippen LogP contribution in [0.2, 0.25) is 0 Å². The van der Waals surface area contributed by atoms with E-state index in [-0.39, 0.29) is 36.6 Å². The number of halogens is 3. The maximum absolute atomic E-state index is 12.9. The van der Waals surface area contributed by atoms with Crippen LogP contribution >= 0.6 is 0 Å². The van der Waals surface area contributed by atoms with Crippen molar-refractivity contribution < 1.29 is 32.2 Å². The summed E-state index contributed by atoms with van der Waals surface area (Å²) < 4.78 is 45.6. The molecule has 186 valence electrons. The van der Waals surface area contributed by atoms with Gasteiger partial charge in [0, 0.05) is 31.8 Å². The van der Waals surface area contributed by atoms with Crippen LogP contribution in [0.15, 0.2) is 24.3 Å². The minimum absolute atomic E-state index is 0.191. The second-order valence-electron chi connectivity index (χ2n) is 8.47. The van der Waals surface area contributed by atoms with Crippen molar-refractivity contribution in [1.82, 2.24) is 10.6 Å². The third-order valence-electron chi connectivity index (χ3n) is 5.57. The van der Waals surface area contributed by atoms with Crippen LogP contribution in [0.4, 0.5) is 18.9 Å². The predicted molar refractivity (Wildman–Crippen MR) is 119 cm³/mol. The lowest BCUT2D eigenvalue weighted by Gasteiger charge is -2.27. The molecule has 0 saturated heterocycles. The van der Waals surface area contributed by atoms with Crippen LogP contribution in [0, 0.1) is 5.92 Å². The summed E-state index contributed by atoms with van der Waals surface area (Å²) in [4.78, 5) is 25.1. The molecule has 1 saturated carbocycles. The Balaban J connectivity index is 1.86. The van der Waals surface area contributed by atoms with Gasteiger partial charge in [0.1, 0.15) is 11.8 Å². The van der Waals surface area contributed by atoms with Gasteiger partial charge in [-0.25, -0.2) is 0 Å². The van der Waals surface area contributed by atoms with Crippen LogP contribution in [0.25, 0.3) is 0 Å². The summed E-state index contributed by atoms with van der Waals surface area (Å²) in [6, 6.07) is 4.49. The monoisotopic (exact) mass is 473 g/mol. The fraction of sp³-hybridized carbons (Fsp3) is 0.652. The van der Waals surface area contributed by atoms with E-state index in [9.17, 15) is 22.8 Å². The van der Waals surface area contributed by atoms with Gasteiger partial charge in [-0.2, -0.15) is 0 Å². The van der Waals surface area contributed by atoms with Crippen LogP contribution in [0.5, 0.6) is 5.75 Å². The van der Waals surface area contributed by atoms with Crippen LogP contribution in [0.1, 0.15) is 51.9 Å². The van der Waals surface area contributed by atoms with Gasteiger partial charge in [-0.15, -0.1) is 13.2 Å². The Labute approximate surface area is 192 Å². The van der Waals surface area contributed by atoms with E-state index in [1.165, 1.54) is 37.8 Å². The molecule has 0 radical (unpaired) electrons. The predicted octanol–water partition coefficient (Wildman–Crippen LogP) is 3.99. The molecule has 2 rings (SSSR count). The zero-order chi connectivity index (χ0) is 24.3. The van der Waals surface area contributed by atoms with E-state index in [4.69, 9.17) is 4.74 Å². The smallest absolute Gasteiger partial charge is 0.406 e. The summed E-state index contributed by atoms with van der Waals surface area (Å²) in [5, 5.41) is 8.84. The fourth-order valence-electron chi connectivity index (χ4n) is 3.89. The molecule has 0 aliphatic heterocycles. The SMILES string of the molecule is COCCC(=O)NC(CC1CCCCC1)C(=O)N[C@@H](C)CNc1ccc(OC(F)(F)F)cc1. The number of anilines is 1. The molecule has 1 fully saturated rings. The summed E-state index contributed by atoms with van der Waals surface area (Å²) >= 11 is 0. The molecular weight excluding hydrogens is 439 g/mol. The first-order valence-corrected chi connectivity index (χ1v) is 11.3. The molecule has 3 N–H and O–H groups in total. The largest absolute Gasteiger partial charge is 0.573 e. The van der Waals surface area contributed by atoms with E-state index in [0.29, 0.717) is 24.6 Å². The minimum Gasteiger partial charge on any atom is -0.406 e. The van der Waals surface area contributed by atoms with Crippen molar-refractivity contribution in [2.24, 2.45) is 5.92 Å². The van der Waals surface area contributed by atoms with Crippen molar-refractivity contribution >= 4 is 17.5 Å².